The molecule has 156 valence electrons. The topological polar surface area (TPSA) is 108 Å². The van der Waals surface area contributed by atoms with Crippen LogP contribution in [-0.2, 0) is 25.5 Å². The van der Waals surface area contributed by atoms with E-state index in [0.717, 1.165) is 11.1 Å². The molecular formula is C23H25N3O4. The number of carbonyl (C=O) groups is 3. The van der Waals surface area contributed by atoms with Gasteiger partial charge in [0.2, 0.25) is 11.8 Å². The molecule has 0 fully saturated rings. The first kappa shape index (κ1) is 22.6. The fraction of sp³-hybridized carbons (Fsp3) is 0.304. The molecule has 0 saturated heterocycles. The number of methoxy groups -OCH3 is 1. The molecule has 2 aromatic carbocycles. The molecule has 7 nitrogen and oxygen atoms in total. The van der Waals surface area contributed by atoms with Crippen molar-refractivity contribution in [1.29, 1.82) is 5.26 Å². The molecule has 30 heavy (non-hydrogen) atoms. The summed E-state index contributed by atoms with van der Waals surface area (Å²) in [5, 5.41) is 14.5. The van der Waals surface area contributed by atoms with Crippen LogP contribution in [0.4, 0.5) is 0 Å². The van der Waals surface area contributed by atoms with Crippen molar-refractivity contribution < 1.29 is 19.1 Å². The lowest BCUT2D eigenvalue weighted by Crippen LogP contribution is -2.43. The third kappa shape index (κ3) is 7.06. The monoisotopic (exact) mass is 407 g/mol. The van der Waals surface area contributed by atoms with Gasteiger partial charge in [-0.05, 0) is 30.2 Å². The second-order valence-electron chi connectivity index (χ2n) is 6.86. The Hall–Kier alpha value is -3.66. The van der Waals surface area contributed by atoms with E-state index in [1.54, 1.807) is 24.3 Å². The number of nitriles is 1. The van der Waals surface area contributed by atoms with Crippen molar-refractivity contribution in [2.24, 2.45) is 0 Å². The number of carbonyl (C=O) groups excluding carboxylic acids is 3. The van der Waals surface area contributed by atoms with E-state index in [9.17, 15) is 14.4 Å². The Labute approximate surface area is 176 Å². The predicted octanol–water partition coefficient (Wildman–Crippen LogP) is 2.42. The molecule has 2 atom stereocenters. The van der Waals surface area contributed by atoms with Crippen molar-refractivity contribution in [1.82, 2.24) is 10.6 Å². The first-order valence-electron chi connectivity index (χ1n) is 9.63. The molecule has 0 radical (unpaired) electrons. The average Bonchev–Trinajstić information content (AvgIpc) is 2.77. The summed E-state index contributed by atoms with van der Waals surface area (Å²) in [5.41, 5.74) is 2.16. The molecule has 2 aromatic rings. The molecule has 7 heteroatoms. The fourth-order valence-electron chi connectivity index (χ4n) is 2.97. The highest BCUT2D eigenvalue weighted by atomic mass is 16.5. The van der Waals surface area contributed by atoms with Gasteiger partial charge in [0, 0.05) is 19.3 Å². The Morgan fingerprint density at radius 1 is 1.00 bits per heavy atom. The first-order chi connectivity index (χ1) is 14.4. The summed E-state index contributed by atoms with van der Waals surface area (Å²) in [5.74, 6) is -1.27. The number of benzene rings is 2. The van der Waals surface area contributed by atoms with Crippen LogP contribution in [0.5, 0.6) is 0 Å². The Morgan fingerprint density at radius 3 is 2.30 bits per heavy atom. The van der Waals surface area contributed by atoms with Crippen LogP contribution in [0.3, 0.4) is 0 Å². The highest BCUT2D eigenvalue weighted by Gasteiger charge is 2.22. The van der Waals surface area contributed by atoms with Crippen LogP contribution in [-0.4, -0.2) is 30.9 Å². The Kier molecular flexibility index (Phi) is 8.57. The van der Waals surface area contributed by atoms with Crippen LogP contribution < -0.4 is 10.6 Å². The van der Waals surface area contributed by atoms with Crippen LogP contribution in [0.25, 0.3) is 0 Å². The quantitative estimate of drug-likeness (QED) is 0.621. The van der Waals surface area contributed by atoms with E-state index in [1.165, 1.54) is 7.11 Å². The minimum Gasteiger partial charge on any atom is -0.467 e. The highest BCUT2D eigenvalue weighted by molar-refractivity contribution is 5.87. The summed E-state index contributed by atoms with van der Waals surface area (Å²) in [6.07, 6.45) is 0.130. The van der Waals surface area contributed by atoms with Gasteiger partial charge in [0.1, 0.15) is 6.04 Å². The molecule has 0 saturated carbocycles. The Bertz CT molecular complexity index is 922. The number of nitrogens with zero attached hydrogens (tertiary/aromatic N) is 1. The number of hydrogen-bond acceptors (Lipinski definition) is 5. The summed E-state index contributed by atoms with van der Waals surface area (Å²) in [7, 11) is 1.24. The maximum atomic E-state index is 12.3. The van der Waals surface area contributed by atoms with E-state index >= 15 is 0 Å². The predicted molar refractivity (Wildman–Crippen MR) is 111 cm³/mol. The maximum Gasteiger partial charge on any atom is 0.328 e. The minimum absolute atomic E-state index is 0.000811. The summed E-state index contributed by atoms with van der Waals surface area (Å²) >= 11 is 0. The van der Waals surface area contributed by atoms with E-state index in [2.05, 4.69) is 10.6 Å². The van der Waals surface area contributed by atoms with Gasteiger partial charge in [0.25, 0.3) is 0 Å². The summed E-state index contributed by atoms with van der Waals surface area (Å²) in [6.45, 7) is 1.87. The van der Waals surface area contributed by atoms with Crippen LogP contribution in [0, 0.1) is 11.3 Å². The van der Waals surface area contributed by atoms with Crippen molar-refractivity contribution in [3.05, 3.63) is 71.3 Å². The van der Waals surface area contributed by atoms with E-state index in [1.807, 2.05) is 43.3 Å². The lowest BCUT2D eigenvalue weighted by molar-refractivity contribution is -0.145. The van der Waals surface area contributed by atoms with Crippen molar-refractivity contribution in [3.63, 3.8) is 0 Å². The summed E-state index contributed by atoms with van der Waals surface area (Å²) in [4.78, 5) is 36.5. The van der Waals surface area contributed by atoms with Gasteiger partial charge >= 0.3 is 5.97 Å². The molecular weight excluding hydrogens is 382 g/mol. The number of nitrogens with one attached hydrogen (secondary N) is 2. The SMILES string of the molecule is COC(=O)[C@H](Cc1cccc(C#N)c1)NC(=O)CCC(=O)N[C@H](C)c1ccccc1. The number of esters is 1. The maximum absolute atomic E-state index is 12.3. The smallest absolute Gasteiger partial charge is 0.328 e. The molecule has 0 aliphatic carbocycles. The van der Waals surface area contributed by atoms with Gasteiger partial charge in [-0.3, -0.25) is 9.59 Å². The van der Waals surface area contributed by atoms with Crippen LogP contribution in [0.15, 0.2) is 54.6 Å². The molecule has 0 bridgehead atoms. The number of rotatable bonds is 9. The van der Waals surface area contributed by atoms with Crippen LogP contribution in [0.2, 0.25) is 0 Å². The lowest BCUT2D eigenvalue weighted by Gasteiger charge is -2.17. The van der Waals surface area contributed by atoms with Crippen molar-refractivity contribution >= 4 is 17.8 Å². The van der Waals surface area contributed by atoms with Gasteiger partial charge in [0.15, 0.2) is 0 Å². The van der Waals surface area contributed by atoms with Gasteiger partial charge < -0.3 is 15.4 Å². The molecule has 0 unspecified atom stereocenters. The third-order valence-electron chi connectivity index (χ3n) is 4.57. The van der Waals surface area contributed by atoms with Crippen LogP contribution in [0.1, 0.15) is 42.5 Å². The zero-order chi connectivity index (χ0) is 21.9. The van der Waals surface area contributed by atoms with Crippen molar-refractivity contribution in [2.45, 2.75) is 38.3 Å². The zero-order valence-electron chi connectivity index (χ0n) is 17.1. The average molecular weight is 407 g/mol. The minimum atomic E-state index is -0.900. The van der Waals surface area contributed by atoms with E-state index in [-0.39, 0.29) is 31.2 Å². The van der Waals surface area contributed by atoms with Gasteiger partial charge in [-0.1, -0.05) is 42.5 Å². The Balaban J connectivity index is 1.88. The summed E-state index contributed by atoms with van der Waals surface area (Å²) < 4.78 is 4.77. The van der Waals surface area contributed by atoms with Gasteiger partial charge in [-0.25, -0.2) is 4.79 Å². The van der Waals surface area contributed by atoms with Gasteiger partial charge in [-0.15, -0.1) is 0 Å². The van der Waals surface area contributed by atoms with Crippen molar-refractivity contribution in [2.75, 3.05) is 7.11 Å². The zero-order valence-corrected chi connectivity index (χ0v) is 17.1. The molecule has 2 amide bonds. The van der Waals surface area contributed by atoms with E-state index < -0.39 is 17.9 Å². The second-order valence-corrected chi connectivity index (χ2v) is 6.86. The largest absolute Gasteiger partial charge is 0.467 e. The van der Waals surface area contributed by atoms with Crippen molar-refractivity contribution in [3.8, 4) is 6.07 Å². The van der Waals surface area contributed by atoms with E-state index in [4.69, 9.17) is 10.00 Å². The molecule has 0 heterocycles. The molecule has 2 N–H and O–H groups in total. The normalized spacial score (nSPS) is 12.2. The number of amides is 2. The molecule has 0 aliphatic heterocycles. The Morgan fingerprint density at radius 2 is 1.67 bits per heavy atom. The molecule has 2 rings (SSSR count). The first-order valence-corrected chi connectivity index (χ1v) is 9.63. The molecule has 0 aromatic heterocycles. The van der Waals surface area contributed by atoms with Gasteiger partial charge in [0.05, 0.1) is 24.8 Å². The molecule has 0 aliphatic rings. The third-order valence-corrected chi connectivity index (χ3v) is 4.57. The highest BCUT2D eigenvalue weighted by Crippen LogP contribution is 2.12. The fourth-order valence-corrected chi connectivity index (χ4v) is 2.97. The second kappa shape index (κ2) is 11.4. The van der Waals surface area contributed by atoms with E-state index in [0.29, 0.717) is 5.56 Å². The standard InChI is InChI=1S/C23H25N3O4/c1-16(19-9-4-3-5-10-19)25-21(27)11-12-22(28)26-20(23(29)30-2)14-17-7-6-8-18(13-17)15-24/h3-10,13,16,20H,11-12,14H2,1-2H3,(H,25,27)(H,26,28)/t16-,20+/m1/s1. The number of ether oxygens (including phenoxy) is 1. The molecule has 0 spiro atoms. The summed E-state index contributed by atoms with van der Waals surface area (Å²) in [6, 6.07) is 17.3. The number of hydrogen-bond donors (Lipinski definition) is 2. The van der Waals surface area contributed by atoms with Gasteiger partial charge in [-0.2, -0.15) is 5.26 Å². The lowest BCUT2D eigenvalue weighted by atomic mass is 10.0. The van der Waals surface area contributed by atoms with Crippen LogP contribution >= 0.6 is 0 Å².